The third-order valence-corrected chi connectivity index (χ3v) is 3.47. The highest BCUT2D eigenvalue weighted by molar-refractivity contribution is 4.91. The Kier molecular flexibility index (Phi) is 4.12. The van der Waals surface area contributed by atoms with Crippen LogP contribution in [0.3, 0.4) is 0 Å². The molecule has 0 spiro atoms. The second-order valence-electron chi connectivity index (χ2n) is 5.19. The lowest BCUT2D eigenvalue weighted by atomic mass is 10.1. The standard InChI is InChI=1S/C12H23N5/c1-10-6-11(2)16(8-10)4-5-17-9-12(7-13-3)14-15-17/h9-11,13H,4-8H2,1-3H3. The molecule has 1 N–H and O–H groups in total. The average Bonchev–Trinajstić information content (AvgIpc) is 2.83. The van der Waals surface area contributed by atoms with Crippen molar-refractivity contribution in [1.29, 1.82) is 0 Å². The van der Waals surface area contributed by atoms with Gasteiger partial charge < -0.3 is 5.32 Å². The number of rotatable bonds is 5. The topological polar surface area (TPSA) is 46.0 Å². The number of likely N-dealkylation sites (tertiary alicyclic amines) is 1. The summed E-state index contributed by atoms with van der Waals surface area (Å²) in [7, 11) is 1.92. The zero-order valence-electron chi connectivity index (χ0n) is 11.1. The maximum Gasteiger partial charge on any atom is 0.0964 e. The molecular weight excluding hydrogens is 214 g/mol. The maximum atomic E-state index is 4.14. The van der Waals surface area contributed by atoms with Crippen molar-refractivity contribution in [3.05, 3.63) is 11.9 Å². The molecule has 0 bridgehead atoms. The molecule has 5 nitrogen and oxygen atoms in total. The summed E-state index contributed by atoms with van der Waals surface area (Å²) < 4.78 is 1.95. The Morgan fingerprint density at radius 1 is 1.41 bits per heavy atom. The van der Waals surface area contributed by atoms with Gasteiger partial charge in [0.05, 0.1) is 12.2 Å². The van der Waals surface area contributed by atoms with Crippen molar-refractivity contribution in [2.75, 3.05) is 20.1 Å². The monoisotopic (exact) mass is 237 g/mol. The van der Waals surface area contributed by atoms with Gasteiger partial charge in [-0.2, -0.15) is 0 Å². The fourth-order valence-corrected chi connectivity index (χ4v) is 2.64. The van der Waals surface area contributed by atoms with Gasteiger partial charge in [0.15, 0.2) is 0 Å². The van der Waals surface area contributed by atoms with E-state index in [1.54, 1.807) is 0 Å². The Bertz CT molecular complexity index is 348. The van der Waals surface area contributed by atoms with Crippen LogP contribution in [0.15, 0.2) is 6.20 Å². The highest BCUT2D eigenvalue weighted by Gasteiger charge is 2.25. The molecule has 17 heavy (non-hydrogen) atoms. The summed E-state index contributed by atoms with van der Waals surface area (Å²) in [6.45, 7) is 8.67. The molecule has 0 saturated carbocycles. The Hall–Kier alpha value is -0.940. The van der Waals surface area contributed by atoms with Crippen molar-refractivity contribution in [2.24, 2.45) is 5.92 Å². The molecule has 2 rings (SSSR count). The van der Waals surface area contributed by atoms with E-state index >= 15 is 0 Å². The second kappa shape index (κ2) is 5.60. The molecule has 0 aliphatic carbocycles. The number of hydrogen-bond donors (Lipinski definition) is 1. The molecule has 2 atom stereocenters. The SMILES string of the molecule is CNCc1cn(CCN2CC(C)CC2C)nn1. The van der Waals surface area contributed by atoms with Gasteiger partial charge in [0, 0.05) is 31.9 Å². The minimum Gasteiger partial charge on any atom is -0.314 e. The molecule has 0 radical (unpaired) electrons. The van der Waals surface area contributed by atoms with E-state index in [4.69, 9.17) is 0 Å². The smallest absolute Gasteiger partial charge is 0.0964 e. The number of aromatic nitrogens is 3. The van der Waals surface area contributed by atoms with Gasteiger partial charge in [0.1, 0.15) is 0 Å². The second-order valence-corrected chi connectivity index (χ2v) is 5.19. The molecule has 1 aliphatic heterocycles. The van der Waals surface area contributed by atoms with E-state index in [1.165, 1.54) is 13.0 Å². The van der Waals surface area contributed by atoms with Gasteiger partial charge in [-0.05, 0) is 26.3 Å². The molecule has 96 valence electrons. The van der Waals surface area contributed by atoms with Gasteiger partial charge >= 0.3 is 0 Å². The van der Waals surface area contributed by atoms with E-state index in [0.29, 0.717) is 6.04 Å². The molecule has 0 aromatic carbocycles. The summed E-state index contributed by atoms with van der Waals surface area (Å²) in [6.07, 6.45) is 3.35. The lowest BCUT2D eigenvalue weighted by Gasteiger charge is -2.20. The third kappa shape index (κ3) is 3.26. The van der Waals surface area contributed by atoms with Crippen molar-refractivity contribution in [2.45, 2.75) is 39.4 Å². The van der Waals surface area contributed by atoms with Gasteiger partial charge in [-0.25, -0.2) is 0 Å². The minimum absolute atomic E-state index is 0.713. The lowest BCUT2D eigenvalue weighted by Crippen LogP contribution is -2.30. The van der Waals surface area contributed by atoms with E-state index in [1.807, 2.05) is 17.9 Å². The quantitative estimate of drug-likeness (QED) is 0.820. The maximum absolute atomic E-state index is 4.14. The first-order valence-electron chi connectivity index (χ1n) is 6.46. The molecule has 0 amide bonds. The van der Waals surface area contributed by atoms with Crippen LogP contribution in [0.25, 0.3) is 0 Å². The van der Waals surface area contributed by atoms with Crippen LogP contribution in [0.5, 0.6) is 0 Å². The molecular formula is C12H23N5. The molecule has 1 saturated heterocycles. The first-order valence-corrected chi connectivity index (χ1v) is 6.46. The molecule has 5 heteroatoms. The fraction of sp³-hybridized carbons (Fsp3) is 0.833. The minimum atomic E-state index is 0.713. The molecule has 2 heterocycles. The van der Waals surface area contributed by atoms with Crippen LogP contribution in [-0.4, -0.2) is 46.1 Å². The van der Waals surface area contributed by atoms with Crippen molar-refractivity contribution in [1.82, 2.24) is 25.2 Å². The summed E-state index contributed by atoms with van der Waals surface area (Å²) in [5, 5.41) is 11.3. The molecule has 1 aromatic rings. The van der Waals surface area contributed by atoms with Crippen LogP contribution >= 0.6 is 0 Å². The van der Waals surface area contributed by atoms with Crippen LogP contribution in [0, 0.1) is 5.92 Å². The zero-order chi connectivity index (χ0) is 12.3. The third-order valence-electron chi connectivity index (χ3n) is 3.47. The number of hydrogen-bond acceptors (Lipinski definition) is 4. The summed E-state index contributed by atoms with van der Waals surface area (Å²) in [5.41, 5.74) is 1.01. The van der Waals surface area contributed by atoms with Crippen molar-refractivity contribution < 1.29 is 0 Å². The van der Waals surface area contributed by atoms with Crippen LogP contribution in [-0.2, 0) is 13.1 Å². The van der Waals surface area contributed by atoms with Crippen molar-refractivity contribution in [3.8, 4) is 0 Å². The number of nitrogens with one attached hydrogen (secondary N) is 1. The summed E-state index contributed by atoms with van der Waals surface area (Å²) in [6, 6.07) is 0.713. The van der Waals surface area contributed by atoms with Crippen molar-refractivity contribution in [3.63, 3.8) is 0 Å². The van der Waals surface area contributed by atoms with E-state index in [0.717, 1.165) is 31.2 Å². The normalized spacial score (nSPS) is 25.6. The summed E-state index contributed by atoms with van der Waals surface area (Å²) in [5.74, 6) is 0.834. The van der Waals surface area contributed by atoms with E-state index in [9.17, 15) is 0 Å². The average molecular weight is 237 g/mol. The van der Waals surface area contributed by atoms with E-state index in [2.05, 4.69) is 34.4 Å². The van der Waals surface area contributed by atoms with Gasteiger partial charge in [0.2, 0.25) is 0 Å². The lowest BCUT2D eigenvalue weighted by molar-refractivity contribution is 0.249. The highest BCUT2D eigenvalue weighted by Crippen LogP contribution is 2.21. The first-order chi connectivity index (χ1) is 8.19. The first kappa shape index (κ1) is 12.5. The Balaban J connectivity index is 1.81. The molecule has 2 unspecified atom stereocenters. The van der Waals surface area contributed by atoms with Gasteiger partial charge in [0.25, 0.3) is 0 Å². The van der Waals surface area contributed by atoms with Crippen molar-refractivity contribution >= 4 is 0 Å². The highest BCUT2D eigenvalue weighted by atomic mass is 15.4. The molecule has 1 aliphatic rings. The summed E-state index contributed by atoms with van der Waals surface area (Å²) in [4.78, 5) is 2.55. The van der Waals surface area contributed by atoms with E-state index in [-0.39, 0.29) is 0 Å². The number of nitrogens with zero attached hydrogens (tertiary/aromatic N) is 4. The van der Waals surface area contributed by atoms with Gasteiger partial charge in [-0.3, -0.25) is 9.58 Å². The fourth-order valence-electron chi connectivity index (χ4n) is 2.64. The Labute approximate surface area is 103 Å². The Morgan fingerprint density at radius 2 is 2.24 bits per heavy atom. The van der Waals surface area contributed by atoms with Crippen LogP contribution in [0.1, 0.15) is 26.0 Å². The zero-order valence-corrected chi connectivity index (χ0v) is 11.1. The van der Waals surface area contributed by atoms with E-state index < -0.39 is 0 Å². The largest absolute Gasteiger partial charge is 0.314 e. The van der Waals surface area contributed by atoms with Gasteiger partial charge in [-0.15, -0.1) is 5.10 Å². The predicted octanol–water partition coefficient (Wildman–Crippen LogP) is 0.728. The summed E-state index contributed by atoms with van der Waals surface area (Å²) >= 11 is 0. The Morgan fingerprint density at radius 3 is 2.88 bits per heavy atom. The van der Waals surface area contributed by atoms with Crippen LogP contribution < -0.4 is 5.32 Å². The van der Waals surface area contributed by atoms with Crippen LogP contribution in [0.4, 0.5) is 0 Å². The predicted molar refractivity (Wildman–Crippen MR) is 67.6 cm³/mol. The molecule has 1 aromatic heterocycles. The molecule has 1 fully saturated rings. The van der Waals surface area contributed by atoms with Crippen LogP contribution in [0.2, 0.25) is 0 Å². The van der Waals surface area contributed by atoms with Gasteiger partial charge in [-0.1, -0.05) is 12.1 Å².